The van der Waals surface area contributed by atoms with Crippen molar-refractivity contribution in [3.05, 3.63) is 70.3 Å². The third-order valence-corrected chi connectivity index (χ3v) is 6.46. The molecule has 1 fully saturated rings. The van der Waals surface area contributed by atoms with Gasteiger partial charge in [-0.05, 0) is 67.5 Å². The van der Waals surface area contributed by atoms with Crippen LogP contribution in [0.15, 0.2) is 42.5 Å². The van der Waals surface area contributed by atoms with Crippen LogP contribution in [0.1, 0.15) is 47.1 Å². The number of aryl methyl sites for hydroxylation is 2. The molecule has 2 aromatic rings. The molecule has 2 aromatic carbocycles. The van der Waals surface area contributed by atoms with Crippen LogP contribution >= 0.6 is 12.4 Å². The molecule has 1 nitrogen and oxygen atoms in total. The van der Waals surface area contributed by atoms with Crippen LogP contribution in [0.2, 0.25) is 0 Å². The molecule has 28 heavy (non-hydrogen) atoms. The van der Waals surface area contributed by atoms with Gasteiger partial charge in [0, 0.05) is 18.5 Å². The molecule has 0 N–H and O–H groups in total. The third kappa shape index (κ3) is 3.95. The van der Waals surface area contributed by atoms with E-state index in [0.717, 1.165) is 43.5 Å². The fourth-order valence-electron chi connectivity index (χ4n) is 5.19. The minimum Gasteiger partial charge on any atom is -0.299 e. The Bertz CT molecular complexity index is 833. The highest BCUT2D eigenvalue weighted by molar-refractivity contribution is 5.85. The molecule has 1 heterocycles. The van der Waals surface area contributed by atoms with E-state index in [4.69, 9.17) is 0 Å². The lowest BCUT2D eigenvalue weighted by Crippen LogP contribution is -2.35. The van der Waals surface area contributed by atoms with Crippen molar-refractivity contribution >= 4 is 12.4 Å². The lowest BCUT2D eigenvalue weighted by molar-refractivity contribution is -0.137. The highest BCUT2D eigenvalue weighted by Crippen LogP contribution is 2.46. The molecular weight excluding hydrogens is 383 g/mol. The Balaban J connectivity index is 0.00000225. The number of likely N-dealkylation sites (tertiary alicyclic amines) is 1. The molecule has 0 aromatic heterocycles. The predicted molar refractivity (Wildman–Crippen MR) is 109 cm³/mol. The number of nitrogens with zero attached hydrogens (tertiary/aromatic N) is 1. The molecule has 4 rings (SSSR count). The second kappa shape index (κ2) is 8.08. The third-order valence-electron chi connectivity index (χ3n) is 6.46. The van der Waals surface area contributed by atoms with Crippen LogP contribution < -0.4 is 0 Å². The van der Waals surface area contributed by atoms with Crippen LogP contribution in [0, 0.1) is 12.8 Å². The van der Waals surface area contributed by atoms with Crippen molar-refractivity contribution in [2.75, 3.05) is 13.1 Å². The number of alkyl halides is 3. The monoisotopic (exact) mass is 409 g/mol. The average Bonchev–Trinajstić information content (AvgIpc) is 2.98. The standard InChI is InChI=1S/C23H26F3N.ClH/c1-3-27-14-21-19-10-8-18(23(24,25)26)13-17(19)7-9-20(21)22(27)12-16-6-4-5-15(2)11-16;/h4-6,8,10-11,13,20-22H,3,7,9,12,14H2,1-2H3;1H. The molecule has 3 atom stereocenters. The predicted octanol–water partition coefficient (Wildman–Crippen LogP) is 6.03. The smallest absolute Gasteiger partial charge is 0.299 e. The Morgan fingerprint density at radius 1 is 1.11 bits per heavy atom. The van der Waals surface area contributed by atoms with Crippen molar-refractivity contribution in [1.82, 2.24) is 4.90 Å². The zero-order valence-electron chi connectivity index (χ0n) is 16.3. The van der Waals surface area contributed by atoms with E-state index < -0.39 is 11.7 Å². The van der Waals surface area contributed by atoms with Gasteiger partial charge in [-0.25, -0.2) is 0 Å². The molecule has 3 unspecified atom stereocenters. The SMILES string of the molecule is CCN1CC2c3ccc(C(F)(F)F)cc3CCC2C1Cc1cccc(C)c1.Cl. The molecule has 2 aliphatic rings. The van der Waals surface area contributed by atoms with Crippen molar-refractivity contribution in [3.8, 4) is 0 Å². The molecule has 152 valence electrons. The number of hydrogen-bond acceptors (Lipinski definition) is 1. The first-order valence-electron chi connectivity index (χ1n) is 9.86. The zero-order chi connectivity index (χ0) is 19.2. The van der Waals surface area contributed by atoms with Gasteiger partial charge in [-0.1, -0.05) is 42.8 Å². The zero-order valence-corrected chi connectivity index (χ0v) is 17.1. The minimum absolute atomic E-state index is 0. The summed E-state index contributed by atoms with van der Waals surface area (Å²) in [5.74, 6) is 0.875. The maximum absolute atomic E-state index is 13.1. The summed E-state index contributed by atoms with van der Waals surface area (Å²) in [6.07, 6.45) is -1.51. The maximum atomic E-state index is 13.1. The summed E-state index contributed by atoms with van der Waals surface area (Å²) in [5, 5.41) is 0. The first-order valence-corrected chi connectivity index (χ1v) is 9.86. The Labute approximate surface area is 171 Å². The summed E-state index contributed by atoms with van der Waals surface area (Å²) in [5.41, 5.74) is 4.17. The van der Waals surface area contributed by atoms with E-state index in [1.54, 1.807) is 6.07 Å². The van der Waals surface area contributed by atoms with Gasteiger partial charge in [0.25, 0.3) is 0 Å². The largest absolute Gasteiger partial charge is 0.416 e. The number of hydrogen-bond donors (Lipinski definition) is 0. The normalized spacial score (nSPS) is 24.4. The van der Waals surface area contributed by atoms with E-state index in [1.807, 2.05) is 0 Å². The number of benzene rings is 2. The van der Waals surface area contributed by atoms with Crippen LogP contribution in [0.5, 0.6) is 0 Å². The first-order chi connectivity index (χ1) is 12.9. The topological polar surface area (TPSA) is 3.24 Å². The van der Waals surface area contributed by atoms with Crippen molar-refractivity contribution in [2.24, 2.45) is 5.92 Å². The Hall–Kier alpha value is -1.52. The van der Waals surface area contributed by atoms with Crippen LogP contribution in [0.25, 0.3) is 0 Å². The van der Waals surface area contributed by atoms with Crippen molar-refractivity contribution in [2.45, 2.75) is 51.2 Å². The fourth-order valence-corrected chi connectivity index (χ4v) is 5.19. The van der Waals surface area contributed by atoms with Crippen LogP contribution in [-0.4, -0.2) is 24.0 Å². The van der Waals surface area contributed by atoms with Gasteiger partial charge in [-0.15, -0.1) is 12.4 Å². The van der Waals surface area contributed by atoms with E-state index >= 15 is 0 Å². The summed E-state index contributed by atoms with van der Waals surface area (Å²) < 4.78 is 39.2. The van der Waals surface area contributed by atoms with Crippen molar-refractivity contribution in [1.29, 1.82) is 0 Å². The molecule has 0 bridgehead atoms. The summed E-state index contributed by atoms with van der Waals surface area (Å²) in [6, 6.07) is 13.6. The molecule has 0 radical (unpaired) electrons. The minimum atomic E-state index is -4.26. The van der Waals surface area contributed by atoms with Crippen LogP contribution in [0.4, 0.5) is 13.2 Å². The maximum Gasteiger partial charge on any atom is 0.416 e. The van der Waals surface area contributed by atoms with Crippen LogP contribution in [0.3, 0.4) is 0 Å². The van der Waals surface area contributed by atoms with E-state index in [9.17, 15) is 13.2 Å². The van der Waals surface area contributed by atoms with E-state index in [1.165, 1.54) is 23.3 Å². The molecule has 5 heteroatoms. The summed E-state index contributed by atoms with van der Waals surface area (Å²) in [7, 11) is 0. The van der Waals surface area contributed by atoms with Gasteiger partial charge >= 0.3 is 6.18 Å². The lowest BCUT2D eigenvalue weighted by Gasteiger charge is -2.32. The Kier molecular flexibility index (Phi) is 6.11. The quantitative estimate of drug-likeness (QED) is 0.598. The van der Waals surface area contributed by atoms with Gasteiger partial charge in [-0.2, -0.15) is 13.2 Å². The number of rotatable bonds is 3. The van der Waals surface area contributed by atoms with Gasteiger partial charge in [-0.3, -0.25) is 4.90 Å². The fraction of sp³-hybridized carbons (Fsp3) is 0.478. The summed E-state index contributed by atoms with van der Waals surface area (Å²) in [4.78, 5) is 2.53. The van der Waals surface area contributed by atoms with Gasteiger partial charge in [0.05, 0.1) is 5.56 Å². The van der Waals surface area contributed by atoms with Gasteiger partial charge in [0.1, 0.15) is 0 Å². The molecule has 1 aliphatic heterocycles. The number of halogens is 4. The molecule has 0 amide bonds. The lowest BCUT2D eigenvalue weighted by atomic mass is 9.73. The molecular formula is C23H27ClF3N. The van der Waals surface area contributed by atoms with E-state index in [-0.39, 0.29) is 12.4 Å². The molecule has 1 saturated heterocycles. The highest BCUT2D eigenvalue weighted by atomic mass is 35.5. The highest BCUT2D eigenvalue weighted by Gasteiger charge is 2.44. The van der Waals surface area contributed by atoms with Gasteiger partial charge in [0.15, 0.2) is 0 Å². The first kappa shape index (κ1) is 21.2. The second-order valence-electron chi connectivity index (χ2n) is 8.07. The van der Waals surface area contributed by atoms with Gasteiger partial charge < -0.3 is 0 Å². The summed E-state index contributed by atoms with van der Waals surface area (Å²) >= 11 is 0. The Morgan fingerprint density at radius 3 is 2.57 bits per heavy atom. The second-order valence-corrected chi connectivity index (χ2v) is 8.07. The number of fused-ring (bicyclic) bond motifs is 3. The van der Waals surface area contributed by atoms with Crippen molar-refractivity contribution in [3.63, 3.8) is 0 Å². The van der Waals surface area contributed by atoms with Crippen LogP contribution in [-0.2, 0) is 19.0 Å². The van der Waals surface area contributed by atoms with E-state index in [0.29, 0.717) is 17.9 Å². The van der Waals surface area contributed by atoms with Crippen molar-refractivity contribution < 1.29 is 13.2 Å². The van der Waals surface area contributed by atoms with E-state index in [2.05, 4.69) is 43.0 Å². The molecule has 1 aliphatic carbocycles. The Morgan fingerprint density at radius 2 is 1.89 bits per heavy atom. The van der Waals surface area contributed by atoms with Gasteiger partial charge in [0.2, 0.25) is 0 Å². The summed E-state index contributed by atoms with van der Waals surface area (Å²) in [6.45, 7) is 6.25. The molecule has 0 saturated carbocycles. The number of likely N-dealkylation sites (N-methyl/N-ethyl adjacent to an activating group) is 1. The molecule has 0 spiro atoms. The average molecular weight is 410 g/mol.